The van der Waals surface area contributed by atoms with Gasteiger partial charge in [-0.15, -0.1) is 0 Å². The summed E-state index contributed by atoms with van der Waals surface area (Å²) in [5, 5.41) is 9.71. The summed E-state index contributed by atoms with van der Waals surface area (Å²) in [7, 11) is 0. The number of aliphatic hydroxyl groups is 1. The maximum Gasteiger partial charge on any atom is 0.155 e. The van der Waals surface area contributed by atoms with Crippen molar-refractivity contribution in [3.8, 4) is 0 Å². The fourth-order valence-electron chi connectivity index (χ4n) is 1.77. The minimum absolute atomic E-state index is 0.260. The average Bonchev–Trinajstić information content (AvgIpc) is 2.46. The molecule has 0 radical (unpaired) electrons. The zero-order valence-electron chi connectivity index (χ0n) is 10.4. The van der Waals surface area contributed by atoms with Gasteiger partial charge in [0, 0.05) is 12.4 Å². The third-order valence-corrected chi connectivity index (χ3v) is 2.75. The van der Waals surface area contributed by atoms with Gasteiger partial charge < -0.3 is 9.84 Å². The van der Waals surface area contributed by atoms with Gasteiger partial charge in [0.25, 0.3) is 0 Å². The number of hydrogen-bond donors (Lipinski definition) is 1. The van der Waals surface area contributed by atoms with Crippen LogP contribution in [0.3, 0.4) is 0 Å². The van der Waals surface area contributed by atoms with E-state index in [0.717, 1.165) is 11.1 Å². The molecule has 0 spiro atoms. The molecule has 0 saturated heterocycles. The summed E-state index contributed by atoms with van der Waals surface area (Å²) in [5.41, 5.74) is 2.01. The SMILES string of the molecule is CCC(O)OC(c1ccccc1)c1ccncc1. The first-order valence-electron chi connectivity index (χ1n) is 6.09. The lowest BCUT2D eigenvalue weighted by atomic mass is 10.0. The zero-order valence-corrected chi connectivity index (χ0v) is 10.4. The van der Waals surface area contributed by atoms with Gasteiger partial charge in [-0.2, -0.15) is 0 Å². The van der Waals surface area contributed by atoms with Crippen LogP contribution < -0.4 is 0 Å². The van der Waals surface area contributed by atoms with E-state index in [2.05, 4.69) is 4.98 Å². The molecule has 2 aromatic rings. The molecule has 18 heavy (non-hydrogen) atoms. The van der Waals surface area contributed by atoms with Crippen LogP contribution in [0, 0.1) is 0 Å². The lowest BCUT2D eigenvalue weighted by Crippen LogP contribution is -2.16. The smallest absolute Gasteiger partial charge is 0.155 e. The van der Waals surface area contributed by atoms with E-state index < -0.39 is 6.29 Å². The number of ether oxygens (including phenoxy) is 1. The second kappa shape index (κ2) is 6.28. The molecule has 2 atom stereocenters. The van der Waals surface area contributed by atoms with Crippen molar-refractivity contribution in [1.82, 2.24) is 4.98 Å². The van der Waals surface area contributed by atoms with Crippen LogP contribution in [0.4, 0.5) is 0 Å². The van der Waals surface area contributed by atoms with Crippen molar-refractivity contribution in [1.29, 1.82) is 0 Å². The van der Waals surface area contributed by atoms with Crippen LogP contribution in [0.25, 0.3) is 0 Å². The maximum atomic E-state index is 9.71. The number of benzene rings is 1. The molecule has 1 N–H and O–H groups in total. The average molecular weight is 243 g/mol. The van der Waals surface area contributed by atoms with Gasteiger partial charge in [0.1, 0.15) is 6.10 Å². The monoisotopic (exact) mass is 243 g/mol. The summed E-state index contributed by atoms with van der Waals surface area (Å²) in [6.45, 7) is 1.89. The van der Waals surface area contributed by atoms with Crippen molar-refractivity contribution < 1.29 is 9.84 Å². The van der Waals surface area contributed by atoms with Crippen molar-refractivity contribution in [2.24, 2.45) is 0 Å². The van der Waals surface area contributed by atoms with Crippen molar-refractivity contribution in [2.75, 3.05) is 0 Å². The minimum atomic E-state index is -0.761. The summed E-state index contributed by atoms with van der Waals surface area (Å²) in [6.07, 6.45) is 3.00. The Bertz CT molecular complexity index is 419. The van der Waals surface area contributed by atoms with E-state index in [-0.39, 0.29) is 6.10 Å². The van der Waals surface area contributed by atoms with Crippen LogP contribution in [0.2, 0.25) is 0 Å². The van der Waals surface area contributed by atoms with Gasteiger partial charge in [-0.3, -0.25) is 4.98 Å². The summed E-state index contributed by atoms with van der Waals surface area (Å²) in [6, 6.07) is 13.7. The first kappa shape index (κ1) is 12.7. The molecule has 0 aliphatic heterocycles. The molecule has 0 aliphatic rings. The fourth-order valence-corrected chi connectivity index (χ4v) is 1.77. The highest BCUT2D eigenvalue weighted by Gasteiger charge is 2.17. The largest absolute Gasteiger partial charge is 0.368 e. The number of nitrogens with zero attached hydrogens (tertiary/aromatic N) is 1. The molecule has 1 heterocycles. The Morgan fingerprint density at radius 1 is 1.06 bits per heavy atom. The van der Waals surface area contributed by atoms with E-state index in [0.29, 0.717) is 6.42 Å². The van der Waals surface area contributed by atoms with Gasteiger partial charge in [-0.1, -0.05) is 37.3 Å². The highest BCUT2D eigenvalue weighted by molar-refractivity contribution is 5.28. The number of rotatable bonds is 5. The van der Waals surface area contributed by atoms with E-state index in [1.165, 1.54) is 0 Å². The number of aliphatic hydroxyl groups excluding tert-OH is 1. The highest BCUT2D eigenvalue weighted by Crippen LogP contribution is 2.26. The first-order valence-corrected chi connectivity index (χ1v) is 6.09. The third kappa shape index (κ3) is 3.15. The first-order chi connectivity index (χ1) is 8.81. The predicted octanol–water partition coefficient (Wildman–Crippen LogP) is 2.92. The van der Waals surface area contributed by atoms with Crippen LogP contribution in [0.1, 0.15) is 30.6 Å². The molecule has 94 valence electrons. The summed E-state index contributed by atoms with van der Waals surface area (Å²) in [5.74, 6) is 0. The maximum absolute atomic E-state index is 9.71. The van der Waals surface area contributed by atoms with Crippen LogP contribution in [0.5, 0.6) is 0 Å². The van der Waals surface area contributed by atoms with E-state index in [4.69, 9.17) is 4.74 Å². The van der Waals surface area contributed by atoms with Gasteiger partial charge in [0.2, 0.25) is 0 Å². The Morgan fingerprint density at radius 3 is 2.28 bits per heavy atom. The third-order valence-electron chi connectivity index (χ3n) is 2.75. The molecular weight excluding hydrogens is 226 g/mol. The Morgan fingerprint density at radius 2 is 1.67 bits per heavy atom. The quantitative estimate of drug-likeness (QED) is 0.821. The summed E-state index contributed by atoms with van der Waals surface area (Å²) >= 11 is 0. The molecule has 2 unspecified atom stereocenters. The molecule has 0 bridgehead atoms. The second-order valence-corrected chi connectivity index (χ2v) is 4.07. The van der Waals surface area contributed by atoms with E-state index in [1.54, 1.807) is 12.4 Å². The number of aromatic nitrogens is 1. The standard InChI is InChI=1S/C15H17NO2/c1-2-14(17)18-15(12-6-4-3-5-7-12)13-8-10-16-11-9-13/h3-11,14-15,17H,2H2,1H3. The Kier molecular flexibility index (Phi) is 4.45. The predicted molar refractivity (Wildman–Crippen MR) is 69.9 cm³/mol. The lowest BCUT2D eigenvalue weighted by Gasteiger charge is -2.21. The molecular formula is C15H17NO2. The molecule has 1 aromatic heterocycles. The van der Waals surface area contributed by atoms with Crippen molar-refractivity contribution in [3.05, 3.63) is 66.0 Å². The van der Waals surface area contributed by atoms with Crippen LogP contribution in [0.15, 0.2) is 54.9 Å². The van der Waals surface area contributed by atoms with E-state index in [9.17, 15) is 5.11 Å². The van der Waals surface area contributed by atoms with Gasteiger partial charge in [0.05, 0.1) is 0 Å². The number of pyridine rings is 1. The van der Waals surface area contributed by atoms with Crippen molar-refractivity contribution in [2.45, 2.75) is 25.7 Å². The normalized spacial score (nSPS) is 14.1. The lowest BCUT2D eigenvalue weighted by molar-refractivity contribution is -0.126. The summed E-state index contributed by atoms with van der Waals surface area (Å²) in [4.78, 5) is 4.00. The molecule has 0 aliphatic carbocycles. The van der Waals surface area contributed by atoms with Gasteiger partial charge in [-0.25, -0.2) is 0 Å². The molecule has 3 heteroatoms. The molecule has 1 aromatic carbocycles. The number of hydrogen-bond acceptors (Lipinski definition) is 3. The van der Waals surface area contributed by atoms with Crippen LogP contribution in [-0.4, -0.2) is 16.4 Å². The van der Waals surface area contributed by atoms with Gasteiger partial charge in [-0.05, 0) is 29.7 Å². The topological polar surface area (TPSA) is 42.4 Å². The van der Waals surface area contributed by atoms with Gasteiger partial charge >= 0.3 is 0 Å². The minimum Gasteiger partial charge on any atom is -0.368 e. The van der Waals surface area contributed by atoms with Crippen LogP contribution >= 0.6 is 0 Å². The van der Waals surface area contributed by atoms with Gasteiger partial charge in [0.15, 0.2) is 6.29 Å². The molecule has 0 amide bonds. The summed E-state index contributed by atoms with van der Waals surface area (Å²) < 4.78 is 5.70. The van der Waals surface area contributed by atoms with Crippen LogP contribution in [-0.2, 0) is 4.74 Å². The second-order valence-electron chi connectivity index (χ2n) is 4.07. The molecule has 0 fully saturated rings. The molecule has 0 saturated carbocycles. The van der Waals surface area contributed by atoms with E-state index in [1.807, 2.05) is 49.4 Å². The zero-order chi connectivity index (χ0) is 12.8. The Balaban J connectivity index is 2.29. The van der Waals surface area contributed by atoms with E-state index >= 15 is 0 Å². The molecule has 2 rings (SSSR count). The Hall–Kier alpha value is -1.71. The highest BCUT2D eigenvalue weighted by atomic mass is 16.6. The Labute approximate surface area is 107 Å². The fraction of sp³-hybridized carbons (Fsp3) is 0.267. The molecule has 3 nitrogen and oxygen atoms in total. The van der Waals surface area contributed by atoms with Crippen molar-refractivity contribution >= 4 is 0 Å². The van der Waals surface area contributed by atoms with Crippen molar-refractivity contribution in [3.63, 3.8) is 0 Å².